The Morgan fingerprint density at radius 3 is 1.93 bits per heavy atom. The van der Waals surface area contributed by atoms with Crippen LogP contribution in [0.1, 0.15) is 25.7 Å². The largest absolute Gasteiger partial charge is 0.296 e. The first-order chi connectivity index (χ1) is 6.91. The van der Waals surface area contributed by atoms with Gasteiger partial charge in [0.1, 0.15) is 9.84 Å². The van der Waals surface area contributed by atoms with Crippen LogP contribution in [0.2, 0.25) is 0 Å². The molecule has 1 spiro atoms. The molecule has 1 N–H and O–H groups in total. The quantitative estimate of drug-likeness (QED) is 0.576. The molecule has 6 heteroatoms. The van der Waals surface area contributed by atoms with Gasteiger partial charge in [-0.25, -0.2) is 8.42 Å². The SMILES string of the molecule is O=C1CC2(CCS(=O)(=O)CC2)CC(=O)N1. The third-order valence-corrected chi connectivity index (χ3v) is 4.89. The summed E-state index contributed by atoms with van der Waals surface area (Å²) in [4.78, 5) is 22.5. The standard InChI is InChI=1S/C9H13NO4S/c11-7-5-9(6-8(12)10-7)1-3-15(13,14)4-2-9/h1-6H2,(H,10,11,12). The molecule has 0 saturated carbocycles. The third-order valence-electron chi connectivity index (χ3n) is 3.24. The number of rotatable bonds is 0. The summed E-state index contributed by atoms with van der Waals surface area (Å²) in [6.07, 6.45) is 1.45. The Hall–Kier alpha value is -0.910. The van der Waals surface area contributed by atoms with Gasteiger partial charge in [0.25, 0.3) is 0 Å². The van der Waals surface area contributed by atoms with Gasteiger partial charge in [0, 0.05) is 12.8 Å². The van der Waals surface area contributed by atoms with Gasteiger partial charge in [-0.2, -0.15) is 0 Å². The highest BCUT2D eigenvalue weighted by Crippen LogP contribution is 2.40. The van der Waals surface area contributed by atoms with E-state index in [0.717, 1.165) is 0 Å². The van der Waals surface area contributed by atoms with Crippen molar-refractivity contribution in [3.05, 3.63) is 0 Å². The first-order valence-electron chi connectivity index (χ1n) is 4.94. The number of nitrogens with one attached hydrogen (secondary N) is 1. The second-order valence-electron chi connectivity index (χ2n) is 4.48. The zero-order chi connectivity index (χ0) is 11.1. The lowest BCUT2D eigenvalue weighted by molar-refractivity contribution is -0.138. The Morgan fingerprint density at radius 1 is 1.00 bits per heavy atom. The van der Waals surface area contributed by atoms with Crippen LogP contribution in [0.15, 0.2) is 0 Å². The van der Waals surface area contributed by atoms with Crippen molar-refractivity contribution in [2.75, 3.05) is 11.5 Å². The molecule has 2 fully saturated rings. The van der Waals surface area contributed by atoms with Crippen molar-refractivity contribution < 1.29 is 18.0 Å². The molecule has 2 amide bonds. The number of carbonyl (C=O) groups excluding carboxylic acids is 2. The van der Waals surface area contributed by atoms with Crippen LogP contribution in [-0.2, 0) is 19.4 Å². The molecule has 2 heterocycles. The van der Waals surface area contributed by atoms with Crippen molar-refractivity contribution in [3.63, 3.8) is 0 Å². The maximum atomic E-state index is 11.3. The molecule has 0 unspecified atom stereocenters. The van der Waals surface area contributed by atoms with E-state index in [2.05, 4.69) is 5.32 Å². The van der Waals surface area contributed by atoms with E-state index in [4.69, 9.17) is 0 Å². The van der Waals surface area contributed by atoms with Crippen LogP contribution >= 0.6 is 0 Å². The Balaban J connectivity index is 2.15. The van der Waals surface area contributed by atoms with Crippen molar-refractivity contribution in [2.45, 2.75) is 25.7 Å². The number of amides is 2. The molecule has 2 aliphatic rings. The van der Waals surface area contributed by atoms with E-state index >= 15 is 0 Å². The topological polar surface area (TPSA) is 80.3 Å². The van der Waals surface area contributed by atoms with E-state index in [9.17, 15) is 18.0 Å². The molecule has 0 aliphatic carbocycles. The number of imide groups is 1. The Morgan fingerprint density at radius 2 is 1.47 bits per heavy atom. The van der Waals surface area contributed by atoms with Gasteiger partial charge >= 0.3 is 0 Å². The Kier molecular flexibility index (Phi) is 2.33. The lowest BCUT2D eigenvalue weighted by Crippen LogP contribution is -2.47. The van der Waals surface area contributed by atoms with Gasteiger partial charge in [-0.05, 0) is 18.3 Å². The van der Waals surface area contributed by atoms with E-state index in [1.54, 1.807) is 0 Å². The molecule has 2 rings (SSSR count). The van der Waals surface area contributed by atoms with E-state index in [0.29, 0.717) is 12.8 Å². The van der Waals surface area contributed by atoms with Crippen LogP contribution < -0.4 is 5.32 Å². The lowest BCUT2D eigenvalue weighted by atomic mass is 9.74. The van der Waals surface area contributed by atoms with Crippen LogP contribution in [0, 0.1) is 5.41 Å². The second kappa shape index (κ2) is 3.30. The summed E-state index contributed by atoms with van der Waals surface area (Å²) in [5.74, 6) is -0.336. The van der Waals surface area contributed by atoms with E-state index in [-0.39, 0.29) is 41.6 Å². The maximum Gasteiger partial charge on any atom is 0.227 e. The predicted molar refractivity (Wildman–Crippen MR) is 52.7 cm³/mol. The molecule has 5 nitrogen and oxygen atoms in total. The first kappa shape index (κ1) is 10.6. The van der Waals surface area contributed by atoms with Gasteiger partial charge in [-0.3, -0.25) is 14.9 Å². The van der Waals surface area contributed by atoms with Crippen LogP contribution in [0.5, 0.6) is 0 Å². The highest BCUT2D eigenvalue weighted by atomic mass is 32.2. The fourth-order valence-corrected chi connectivity index (χ4v) is 4.00. The van der Waals surface area contributed by atoms with Gasteiger partial charge in [0.05, 0.1) is 11.5 Å². The van der Waals surface area contributed by atoms with Crippen LogP contribution in [0.25, 0.3) is 0 Å². The zero-order valence-corrected chi connectivity index (χ0v) is 9.10. The molecule has 0 aromatic heterocycles. The first-order valence-corrected chi connectivity index (χ1v) is 6.76. The Labute approximate surface area is 88.1 Å². The van der Waals surface area contributed by atoms with Crippen molar-refractivity contribution >= 4 is 21.7 Å². The minimum absolute atomic E-state index is 0.105. The average Bonchev–Trinajstić information content (AvgIpc) is 2.10. The average molecular weight is 231 g/mol. The molecule has 0 bridgehead atoms. The van der Waals surface area contributed by atoms with Gasteiger partial charge < -0.3 is 0 Å². The summed E-state index contributed by atoms with van der Waals surface area (Å²) < 4.78 is 22.5. The lowest BCUT2D eigenvalue weighted by Gasteiger charge is -2.38. The number of hydrogen-bond donors (Lipinski definition) is 1. The predicted octanol–water partition coefficient (Wildman–Crippen LogP) is -0.382. The molecule has 0 radical (unpaired) electrons. The number of sulfone groups is 1. The van der Waals surface area contributed by atoms with Gasteiger partial charge in [-0.1, -0.05) is 0 Å². The van der Waals surface area contributed by atoms with Gasteiger partial charge in [0.15, 0.2) is 0 Å². The maximum absolute atomic E-state index is 11.3. The van der Waals surface area contributed by atoms with Crippen molar-refractivity contribution in [2.24, 2.45) is 5.41 Å². The monoisotopic (exact) mass is 231 g/mol. The highest BCUT2D eigenvalue weighted by Gasteiger charge is 2.43. The molecule has 0 atom stereocenters. The zero-order valence-electron chi connectivity index (χ0n) is 8.28. The summed E-state index contributed by atoms with van der Waals surface area (Å²) in [5.41, 5.74) is -0.384. The fourth-order valence-electron chi connectivity index (χ4n) is 2.31. The summed E-state index contributed by atoms with van der Waals surface area (Å²) in [5, 5.41) is 2.24. The molecular weight excluding hydrogens is 218 g/mol. The molecule has 0 aromatic carbocycles. The number of piperidine rings is 1. The summed E-state index contributed by atoms with van der Waals surface area (Å²) in [6.45, 7) is 0. The van der Waals surface area contributed by atoms with Crippen molar-refractivity contribution in [1.82, 2.24) is 5.32 Å². The van der Waals surface area contributed by atoms with E-state index < -0.39 is 9.84 Å². The molecule has 2 aliphatic heterocycles. The summed E-state index contributed by atoms with van der Waals surface area (Å²) in [7, 11) is -2.94. The van der Waals surface area contributed by atoms with Gasteiger partial charge in [-0.15, -0.1) is 0 Å². The van der Waals surface area contributed by atoms with Crippen LogP contribution in [0.3, 0.4) is 0 Å². The van der Waals surface area contributed by atoms with Crippen molar-refractivity contribution in [3.8, 4) is 0 Å². The molecule has 0 aromatic rings. The third kappa shape index (κ3) is 2.19. The molecular formula is C9H13NO4S. The fraction of sp³-hybridized carbons (Fsp3) is 0.778. The molecule has 15 heavy (non-hydrogen) atoms. The van der Waals surface area contributed by atoms with E-state index in [1.165, 1.54) is 0 Å². The van der Waals surface area contributed by atoms with Crippen molar-refractivity contribution in [1.29, 1.82) is 0 Å². The molecule has 84 valence electrons. The highest BCUT2D eigenvalue weighted by molar-refractivity contribution is 7.91. The summed E-state index contributed by atoms with van der Waals surface area (Å²) >= 11 is 0. The normalized spacial score (nSPS) is 28.8. The smallest absolute Gasteiger partial charge is 0.227 e. The van der Waals surface area contributed by atoms with E-state index in [1.807, 2.05) is 0 Å². The van der Waals surface area contributed by atoms with Crippen LogP contribution in [-0.4, -0.2) is 31.7 Å². The number of hydrogen-bond acceptors (Lipinski definition) is 4. The summed E-state index contributed by atoms with van der Waals surface area (Å²) in [6, 6.07) is 0. The second-order valence-corrected chi connectivity index (χ2v) is 6.78. The minimum Gasteiger partial charge on any atom is -0.296 e. The Bertz CT molecular complexity index is 380. The minimum atomic E-state index is -2.94. The number of carbonyl (C=O) groups is 2. The molecule has 2 saturated heterocycles. The van der Waals surface area contributed by atoms with Crippen LogP contribution in [0.4, 0.5) is 0 Å². The van der Waals surface area contributed by atoms with Gasteiger partial charge in [0.2, 0.25) is 11.8 Å².